The summed E-state index contributed by atoms with van der Waals surface area (Å²) in [5.41, 5.74) is 1.21. The van der Waals surface area contributed by atoms with Crippen molar-refractivity contribution in [2.45, 2.75) is 19.4 Å². The van der Waals surface area contributed by atoms with Crippen molar-refractivity contribution < 1.29 is 13.2 Å². The summed E-state index contributed by atoms with van der Waals surface area (Å²) in [6.45, 7) is 1.92. The van der Waals surface area contributed by atoms with Gasteiger partial charge in [0, 0.05) is 18.6 Å². The van der Waals surface area contributed by atoms with Crippen LogP contribution in [0.1, 0.15) is 31.0 Å². The molecule has 3 aromatic rings. The van der Waals surface area contributed by atoms with Crippen molar-refractivity contribution in [3.63, 3.8) is 0 Å². The maximum atomic E-state index is 12.4. The van der Waals surface area contributed by atoms with Crippen LogP contribution >= 0.6 is 0 Å². The molecule has 0 bridgehead atoms. The van der Waals surface area contributed by atoms with Gasteiger partial charge in [0.2, 0.25) is 5.95 Å². The molecule has 1 atom stereocenters. The molecule has 0 spiro atoms. The highest BCUT2D eigenvalue weighted by Crippen LogP contribution is 2.23. The Bertz CT molecular complexity index is 762. The van der Waals surface area contributed by atoms with E-state index in [1.54, 1.807) is 6.20 Å². The van der Waals surface area contributed by atoms with Crippen molar-refractivity contribution in [2.75, 3.05) is 5.32 Å². The Morgan fingerprint density at radius 1 is 1.09 bits per heavy atom. The van der Waals surface area contributed by atoms with E-state index in [1.165, 1.54) is 12.4 Å². The van der Waals surface area contributed by atoms with Crippen molar-refractivity contribution >= 4 is 5.95 Å². The number of halogens is 2. The second-order valence-electron chi connectivity index (χ2n) is 4.66. The summed E-state index contributed by atoms with van der Waals surface area (Å²) in [5.74, 6) is -0.406. The molecule has 3 heterocycles. The number of nitrogens with zero attached hydrogens (tertiary/aromatic N) is 5. The fourth-order valence-corrected chi connectivity index (χ4v) is 1.85. The van der Waals surface area contributed by atoms with E-state index < -0.39 is 12.3 Å². The Labute approximate surface area is 129 Å². The molecule has 7 nitrogen and oxygen atoms in total. The zero-order valence-corrected chi connectivity index (χ0v) is 12.0. The third kappa shape index (κ3) is 3.44. The van der Waals surface area contributed by atoms with E-state index in [4.69, 9.17) is 4.42 Å². The van der Waals surface area contributed by atoms with Crippen LogP contribution in [-0.4, -0.2) is 25.1 Å². The van der Waals surface area contributed by atoms with E-state index in [0.29, 0.717) is 11.5 Å². The van der Waals surface area contributed by atoms with Gasteiger partial charge in [-0.3, -0.25) is 4.98 Å². The highest BCUT2D eigenvalue weighted by molar-refractivity contribution is 5.50. The first-order valence-corrected chi connectivity index (χ1v) is 6.75. The molecule has 0 aliphatic carbocycles. The molecule has 0 aliphatic rings. The highest BCUT2D eigenvalue weighted by Gasteiger charge is 2.17. The van der Waals surface area contributed by atoms with E-state index >= 15 is 0 Å². The smallest absolute Gasteiger partial charge is 0.314 e. The lowest BCUT2D eigenvalue weighted by molar-refractivity contribution is 0.116. The van der Waals surface area contributed by atoms with Gasteiger partial charge in [-0.2, -0.15) is 8.78 Å². The third-order valence-corrected chi connectivity index (χ3v) is 3.00. The van der Waals surface area contributed by atoms with E-state index in [0.717, 1.165) is 5.69 Å². The van der Waals surface area contributed by atoms with Crippen LogP contribution in [0.15, 0.2) is 41.2 Å². The zero-order chi connectivity index (χ0) is 16.2. The van der Waals surface area contributed by atoms with Crippen molar-refractivity contribution in [3.8, 4) is 11.5 Å². The average molecular weight is 318 g/mol. The van der Waals surface area contributed by atoms with Crippen molar-refractivity contribution in [1.82, 2.24) is 25.1 Å². The summed E-state index contributed by atoms with van der Waals surface area (Å²) in [4.78, 5) is 12.5. The average Bonchev–Trinajstić information content (AvgIpc) is 3.07. The highest BCUT2D eigenvalue weighted by atomic mass is 19.3. The quantitative estimate of drug-likeness (QED) is 0.773. The van der Waals surface area contributed by atoms with Gasteiger partial charge in [0.25, 0.3) is 11.8 Å². The molecule has 0 saturated heterocycles. The Hall–Kier alpha value is -2.97. The lowest BCUT2D eigenvalue weighted by atomic mass is 10.2. The van der Waals surface area contributed by atoms with Crippen LogP contribution in [0.5, 0.6) is 0 Å². The topological polar surface area (TPSA) is 89.6 Å². The Balaban J connectivity index is 1.71. The molecule has 9 heteroatoms. The van der Waals surface area contributed by atoms with Gasteiger partial charge in [-0.1, -0.05) is 6.07 Å². The van der Waals surface area contributed by atoms with E-state index in [9.17, 15) is 8.78 Å². The van der Waals surface area contributed by atoms with Gasteiger partial charge in [-0.15, -0.1) is 10.2 Å². The normalized spacial score (nSPS) is 12.3. The first-order valence-electron chi connectivity index (χ1n) is 6.75. The molecule has 1 N–H and O–H groups in total. The second kappa shape index (κ2) is 6.42. The van der Waals surface area contributed by atoms with Gasteiger partial charge in [0.15, 0.2) is 0 Å². The van der Waals surface area contributed by atoms with Crippen LogP contribution in [0, 0.1) is 0 Å². The fourth-order valence-electron chi connectivity index (χ4n) is 1.85. The molecule has 118 valence electrons. The predicted octanol–water partition coefficient (Wildman–Crippen LogP) is 3.03. The van der Waals surface area contributed by atoms with Crippen molar-refractivity contribution in [1.29, 1.82) is 0 Å². The third-order valence-electron chi connectivity index (χ3n) is 3.00. The van der Waals surface area contributed by atoms with Crippen molar-refractivity contribution in [3.05, 3.63) is 48.4 Å². The van der Waals surface area contributed by atoms with E-state index in [1.807, 2.05) is 25.1 Å². The predicted molar refractivity (Wildman–Crippen MR) is 76.6 cm³/mol. The standard InChI is InChI=1S/C14H12F2N6O/c1-8(10-4-2-3-5-17-10)20-14-18-6-9(7-19-14)12-21-22-13(23-12)11(15)16/h2-8,11H,1H3,(H,18,19,20). The van der Waals surface area contributed by atoms with Crippen LogP contribution in [0.3, 0.4) is 0 Å². The molecule has 3 rings (SSSR count). The summed E-state index contributed by atoms with van der Waals surface area (Å²) in [5, 5.41) is 9.88. The molecule has 0 aromatic carbocycles. The number of alkyl halides is 2. The minimum absolute atomic E-state index is 0.0513. The molecule has 0 fully saturated rings. The van der Waals surface area contributed by atoms with Gasteiger partial charge in [0.05, 0.1) is 17.3 Å². The molecular weight excluding hydrogens is 306 g/mol. The Morgan fingerprint density at radius 2 is 1.87 bits per heavy atom. The summed E-state index contributed by atoms with van der Waals surface area (Å²) >= 11 is 0. The minimum Gasteiger partial charge on any atom is -0.415 e. The maximum Gasteiger partial charge on any atom is 0.314 e. The molecular formula is C14H12F2N6O. The lowest BCUT2D eigenvalue weighted by Crippen LogP contribution is -2.10. The number of pyridine rings is 1. The number of anilines is 1. The SMILES string of the molecule is CC(Nc1ncc(-c2nnc(C(F)F)o2)cn1)c1ccccn1. The molecule has 0 saturated carbocycles. The molecule has 3 aromatic heterocycles. The number of hydrogen-bond acceptors (Lipinski definition) is 7. The van der Waals surface area contributed by atoms with Crippen LogP contribution in [-0.2, 0) is 0 Å². The molecule has 1 unspecified atom stereocenters. The number of nitrogens with one attached hydrogen (secondary N) is 1. The monoisotopic (exact) mass is 318 g/mol. The summed E-state index contributed by atoms with van der Waals surface area (Å²) in [7, 11) is 0. The maximum absolute atomic E-state index is 12.4. The fraction of sp³-hybridized carbons (Fsp3) is 0.214. The minimum atomic E-state index is -2.81. The van der Waals surface area contributed by atoms with Gasteiger partial charge >= 0.3 is 6.43 Å². The van der Waals surface area contributed by atoms with Gasteiger partial charge in [-0.05, 0) is 19.1 Å². The molecule has 0 radical (unpaired) electrons. The molecule has 0 amide bonds. The lowest BCUT2D eigenvalue weighted by Gasteiger charge is -2.12. The number of rotatable bonds is 5. The summed E-state index contributed by atoms with van der Waals surface area (Å²) in [6.07, 6.45) is 1.73. The van der Waals surface area contributed by atoms with Gasteiger partial charge in [0.1, 0.15) is 0 Å². The number of aromatic nitrogens is 5. The number of hydrogen-bond donors (Lipinski definition) is 1. The van der Waals surface area contributed by atoms with Gasteiger partial charge < -0.3 is 9.73 Å². The van der Waals surface area contributed by atoms with Crippen LogP contribution in [0.2, 0.25) is 0 Å². The largest absolute Gasteiger partial charge is 0.415 e. The van der Waals surface area contributed by atoms with E-state index in [2.05, 4.69) is 30.5 Å². The molecule has 0 aliphatic heterocycles. The first-order chi connectivity index (χ1) is 11.1. The van der Waals surface area contributed by atoms with E-state index in [-0.39, 0.29) is 11.9 Å². The summed E-state index contributed by atoms with van der Waals surface area (Å²) in [6, 6.07) is 5.52. The van der Waals surface area contributed by atoms with Gasteiger partial charge in [-0.25, -0.2) is 9.97 Å². The van der Waals surface area contributed by atoms with Crippen LogP contribution < -0.4 is 5.32 Å². The van der Waals surface area contributed by atoms with Crippen molar-refractivity contribution in [2.24, 2.45) is 0 Å². The van der Waals surface area contributed by atoms with Crippen LogP contribution in [0.25, 0.3) is 11.5 Å². The summed E-state index contributed by atoms with van der Waals surface area (Å²) < 4.78 is 29.7. The zero-order valence-electron chi connectivity index (χ0n) is 12.0. The molecule has 23 heavy (non-hydrogen) atoms. The van der Waals surface area contributed by atoms with Crippen LogP contribution in [0.4, 0.5) is 14.7 Å². The Morgan fingerprint density at radius 3 is 2.48 bits per heavy atom. The Kier molecular flexibility index (Phi) is 4.18. The second-order valence-corrected chi connectivity index (χ2v) is 4.66. The first kappa shape index (κ1) is 14.9.